The summed E-state index contributed by atoms with van der Waals surface area (Å²) in [5.74, 6) is 0.438. The number of nitrogens with zero attached hydrogens (tertiary/aromatic N) is 5. The number of allylic oxidation sites excluding steroid dienone is 1. The molecule has 0 unspecified atom stereocenters. The van der Waals surface area contributed by atoms with Crippen LogP contribution in [0.1, 0.15) is 43.5 Å². The molecule has 3 aromatic carbocycles. The smallest absolute Gasteiger partial charge is 0.406 e. The Hall–Kier alpha value is -4.97. The van der Waals surface area contributed by atoms with Gasteiger partial charge in [0.15, 0.2) is 10.6 Å². The van der Waals surface area contributed by atoms with E-state index in [0.717, 1.165) is 28.1 Å². The van der Waals surface area contributed by atoms with Gasteiger partial charge in [0.05, 0.1) is 11.4 Å². The molecule has 0 aliphatic carbocycles. The van der Waals surface area contributed by atoms with Gasteiger partial charge in [0.2, 0.25) is 0 Å². The number of amides is 2. The molecule has 12 heteroatoms. The van der Waals surface area contributed by atoms with Crippen LogP contribution in [0.5, 0.6) is 5.75 Å². The van der Waals surface area contributed by atoms with Gasteiger partial charge in [0.25, 0.3) is 0 Å². The van der Waals surface area contributed by atoms with Crippen LogP contribution in [0.25, 0.3) is 28.3 Å². The van der Waals surface area contributed by atoms with E-state index in [1.165, 1.54) is 52.2 Å². The molecular formula is C32H29F3N6O2S. The molecule has 5 rings (SSSR count). The summed E-state index contributed by atoms with van der Waals surface area (Å²) in [4.78, 5) is 22.0. The average molecular weight is 619 g/mol. The molecule has 8 nitrogen and oxygen atoms in total. The molecule has 0 bridgehead atoms. The summed E-state index contributed by atoms with van der Waals surface area (Å²) in [5, 5.41) is 9.18. The molecule has 1 N–H and O–H groups in total. The number of urea groups is 1. The van der Waals surface area contributed by atoms with Crippen LogP contribution in [0.3, 0.4) is 0 Å². The summed E-state index contributed by atoms with van der Waals surface area (Å²) in [6.45, 7) is 8.14. The summed E-state index contributed by atoms with van der Waals surface area (Å²) in [7, 11) is 0. The molecular weight excluding hydrogens is 589 g/mol. The number of rotatable bonds is 7. The molecule has 2 amide bonds. The number of carbonyl (C=O) groups is 1. The largest absolute Gasteiger partial charge is 0.573 e. The Morgan fingerprint density at radius 2 is 1.75 bits per heavy atom. The quantitative estimate of drug-likeness (QED) is 0.202. The average Bonchev–Trinajstić information content (AvgIpc) is 3.62. The van der Waals surface area contributed by atoms with Crippen molar-refractivity contribution in [3.63, 3.8) is 0 Å². The number of carbonyl (C=O) groups excluding carboxylic acids is 1. The number of ether oxygens (including phenoxy) is 1. The number of benzene rings is 3. The monoisotopic (exact) mass is 618 g/mol. The molecule has 0 fully saturated rings. The molecule has 0 saturated carbocycles. The lowest BCUT2D eigenvalue weighted by Crippen LogP contribution is -2.22. The molecule has 226 valence electrons. The Balaban J connectivity index is 1.27. The van der Waals surface area contributed by atoms with Crippen molar-refractivity contribution in [2.45, 2.75) is 40.0 Å². The molecule has 44 heavy (non-hydrogen) atoms. The predicted molar refractivity (Wildman–Crippen MR) is 164 cm³/mol. The number of alkyl halides is 3. The van der Waals surface area contributed by atoms with E-state index < -0.39 is 12.4 Å². The molecule has 0 aliphatic heterocycles. The Kier molecular flexibility index (Phi) is 8.81. The van der Waals surface area contributed by atoms with Gasteiger partial charge in [0, 0.05) is 22.8 Å². The van der Waals surface area contributed by atoms with Crippen molar-refractivity contribution in [3.05, 3.63) is 112 Å². The van der Waals surface area contributed by atoms with Gasteiger partial charge in [0.1, 0.15) is 12.1 Å². The third-order valence-electron chi connectivity index (χ3n) is 6.71. The van der Waals surface area contributed by atoms with Crippen LogP contribution in [0.4, 0.5) is 18.0 Å². The Labute approximate surface area is 255 Å². The first-order valence-electron chi connectivity index (χ1n) is 13.7. The topological polar surface area (TPSA) is 86.3 Å². The first-order valence-corrected chi connectivity index (χ1v) is 14.5. The van der Waals surface area contributed by atoms with Crippen LogP contribution in [0, 0.1) is 6.92 Å². The summed E-state index contributed by atoms with van der Waals surface area (Å²) in [5.41, 5.74) is 6.15. The molecule has 0 saturated heterocycles. The normalized spacial score (nSPS) is 12.5. The lowest BCUT2D eigenvalue weighted by atomic mass is 10.0. The second kappa shape index (κ2) is 12.7. The van der Waals surface area contributed by atoms with E-state index in [9.17, 15) is 18.0 Å². The van der Waals surface area contributed by atoms with Crippen LogP contribution in [0.15, 0.2) is 95.7 Å². The summed E-state index contributed by atoms with van der Waals surface area (Å²) in [6.07, 6.45) is -1.66. The molecule has 0 radical (unpaired) electrons. The number of aromatic nitrogens is 4. The second-order valence-electron chi connectivity index (χ2n) is 10.2. The van der Waals surface area contributed by atoms with Crippen molar-refractivity contribution in [3.8, 4) is 28.5 Å². The lowest BCUT2D eigenvalue weighted by Gasteiger charge is -2.14. The van der Waals surface area contributed by atoms with Crippen molar-refractivity contribution < 1.29 is 22.7 Å². The van der Waals surface area contributed by atoms with E-state index in [-0.39, 0.29) is 5.75 Å². The summed E-state index contributed by atoms with van der Waals surface area (Å²) in [6, 6.07) is 20.4. The van der Waals surface area contributed by atoms with Crippen LogP contribution < -0.4 is 14.9 Å². The van der Waals surface area contributed by atoms with Gasteiger partial charge < -0.3 is 10.1 Å². The van der Waals surface area contributed by atoms with Crippen molar-refractivity contribution in [1.29, 1.82) is 0 Å². The van der Waals surface area contributed by atoms with E-state index in [0.29, 0.717) is 22.2 Å². The molecule has 0 atom stereocenters. The van der Waals surface area contributed by atoms with Crippen molar-refractivity contribution in [2.24, 2.45) is 4.99 Å². The molecule has 0 aliphatic rings. The molecule has 0 spiro atoms. The Morgan fingerprint density at radius 3 is 2.43 bits per heavy atom. The number of hydrogen-bond donors (Lipinski definition) is 1. The number of thiazole rings is 1. The zero-order valence-corrected chi connectivity index (χ0v) is 25.1. The minimum atomic E-state index is -4.75. The fourth-order valence-electron chi connectivity index (χ4n) is 4.52. The fourth-order valence-corrected chi connectivity index (χ4v) is 5.38. The maximum atomic E-state index is 12.8. The predicted octanol–water partition coefficient (Wildman–Crippen LogP) is 7.79. The minimum absolute atomic E-state index is 0.311. The SMILES string of the molecule is C/C(=C\NC(=O)N=c1scc(C)n1-c1ccccc1C(C)C)c1ccc(-c2ncn(-c3ccc(OC(F)(F)F)cc3)n2)cc1. The first kappa shape index (κ1) is 30.5. The standard InChI is InChI=1S/C32H29F3N6O2S/c1-20(2)27-7-5-6-8-28(27)41-22(4)18-44-31(41)38-30(42)36-17-21(3)23-9-11-24(12-10-23)29-37-19-40(39-29)25-13-15-26(16-14-25)43-32(33,34)35/h5-20H,1-4H3,(H,36,42)/b21-17+,38-31?. The fraction of sp³-hybridized carbons (Fsp3) is 0.188. The van der Waals surface area contributed by atoms with Gasteiger partial charge in [-0.05, 0) is 66.8 Å². The van der Waals surface area contributed by atoms with Crippen LogP contribution in [0.2, 0.25) is 0 Å². The number of halogens is 3. The summed E-state index contributed by atoms with van der Waals surface area (Å²) < 4.78 is 44.6. The van der Waals surface area contributed by atoms with E-state index >= 15 is 0 Å². The Bertz CT molecular complexity index is 1870. The lowest BCUT2D eigenvalue weighted by molar-refractivity contribution is -0.274. The van der Waals surface area contributed by atoms with Crippen molar-refractivity contribution >= 4 is 22.9 Å². The maximum absolute atomic E-state index is 12.8. The van der Waals surface area contributed by atoms with Gasteiger partial charge in [-0.2, -0.15) is 4.99 Å². The minimum Gasteiger partial charge on any atom is -0.406 e. The van der Waals surface area contributed by atoms with E-state index in [1.807, 2.05) is 66.3 Å². The third kappa shape index (κ3) is 7.14. The third-order valence-corrected chi connectivity index (χ3v) is 7.66. The molecule has 2 aromatic heterocycles. The van der Waals surface area contributed by atoms with Crippen LogP contribution in [-0.4, -0.2) is 31.7 Å². The first-order chi connectivity index (χ1) is 21.0. The van der Waals surface area contributed by atoms with Gasteiger partial charge in [-0.15, -0.1) is 29.6 Å². The highest BCUT2D eigenvalue weighted by molar-refractivity contribution is 7.07. The number of hydrogen-bond acceptors (Lipinski definition) is 5. The zero-order valence-electron chi connectivity index (χ0n) is 24.3. The summed E-state index contributed by atoms with van der Waals surface area (Å²) >= 11 is 1.41. The number of nitrogens with one attached hydrogen (secondary N) is 1. The van der Waals surface area contributed by atoms with Gasteiger partial charge in [-0.1, -0.05) is 56.3 Å². The highest BCUT2D eigenvalue weighted by atomic mass is 32.1. The molecule has 2 heterocycles. The highest BCUT2D eigenvalue weighted by Gasteiger charge is 2.31. The Morgan fingerprint density at radius 1 is 1.05 bits per heavy atom. The number of para-hydroxylation sites is 1. The van der Waals surface area contributed by atoms with Crippen molar-refractivity contribution in [2.75, 3.05) is 0 Å². The second-order valence-corrected chi connectivity index (χ2v) is 11.1. The van der Waals surface area contributed by atoms with E-state index in [4.69, 9.17) is 0 Å². The van der Waals surface area contributed by atoms with Gasteiger partial charge >= 0.3 is 12.4 Å². The molecule has 5 aromatic rings. The van der Waals surface area contributed by atoms with Gasteiger partial charge in [-0.3, -0.25) is 4.57 Å². The van der Waals surface area contributed by atoms with Crippen LogP contribution in [-0.2, 0) is 0 Å². The van der Waals surface area contributed by atoms with Gasteiger partial charge in [-0.25, -0.2) is 14.5 Å². The van der Waals surface area contributed by atoms with E-state index in [2.05, 4.69) is 45.0 Å². The van der Waals surface area contributed by atoms with E-state index in [1.54, 1.807) is 6.20 Å². The van der Waals surface area contributed by atoms with Crippen molar-refractivity contribution in [1.82, 2.24) is 24.6 Å². The van der Waals surface area contributed by atoms with Crippen LogP contribution >= 0.6 is 11.3 Å². The number of aryl methyl sites for hydroxylation is 1. The zero-order chi connectivity index (χ0) is 31.4. The highest BCUT2D eigenvalue weighted by Crippen LogP contribution is 2.25. The maximum Gasteiger partial charge on any atom is 0.573 e.